The highest BCUT2D eigenvalue weighted by Gasteiger charge is 2.29. The van der Waals surface area contributed by atoms with Crippen LogP contribution in [0.3, 0.4) is 0 Å². The van der Waals surface area contributed by atoms with Crippen LogP contribution in [0.5, 0.6) is 0 Å². The molecule has 1 fully saturated rings. The molecule has 0 unspecified atom stereocenters. The molecule has 0 spiro atoms. The third kappa shape index (κ3) is 4.16. The van der Waals surface area contributed by atoms with Crippen molar-refractivity contribution in [3.8, 4) is 5.69 Å². The minimum atomic E-state index is -3.50. The lowest BCUT2D eigenvalue weighted by molar-refractivity contribution is 0.0704. The van der Waals surface area contributed by atoms with Crippen molar-refractivity contribution in [2.75, 3.05) is 13.1 Å². The third-order valence-corrected chi connectivity index (χ3v) is 8.16. The number of nitrogens with one attached hydrogen (secondary N) is 1. The second-order valence-electron chi connectivity index (χ2n) is 7.39. The van der Waals surface area contributed by atoms with Gasteiger partial charge in [0.2, 0.25) is 10.0 Å². The van der Waals surface area contributed by atoms with Gasteiger partial charge in [0.1, 0.15) is 4.21 Å². The molecule has 3 aromatic rings. The van der Waals surface area contributed by atoms with Gasteiger partial charge in [0.05, 0.1) is 11.4 Å². The molecular weight excluding hydrogens is 422 g/mol. The van der Waals surface area contributed by atoms with Gasteiger partial charge in [-0.3, -0.25) is 4.79 Å². The monoisotopic (exact) mass is 445 g/mol. The van der Waals surface area contributed by atoms with Gasteiger partial charge in [0, 0.05) is 19.1 Å². The number of sulfonamides is 1. The Bertz CT molecular complexity index is 1130. The van der Waals surface area contributed by atoms with E-state index in [4.69, 9.17) is 0 Å². The van der Waals surface area contributed by atoms with Crippen LogP contribution in [-0.2, 0) is 10.0 Å². The number of carbonyl (C=O) groups excluding carboxylic acids is 1. The van der Waals surface area contributed by atoms with Gasteiger partial charge in [-0.2, -0.15) is 0 Å². The maximum atomic E-state index is 13.0. The van der Waals surface area contributed by atoms with Gasteiger partial charge in [-0.05, 0) is 50.3 Å². The molecule has 3 heterocycles. The fourth-order valence-electron chi connectivity index (χ4n) is 3.50. The highest BCUT2D eigenvalue weighted by Crippen LogP contribution is 2.20. The summed E-state index contributed by atoms with van der Waals surface area (Å²) in [7, 11) is -3.50. The van der Waals surface area contributed by atoms with Crippen molar-refractivity contribution in [3.05, 3.63) is 58.7 Å². The average Bonchev–Trinajstić information content (AvgIpc) is 3.39. The minimum Gasteiger partial charge on any atom is -0.337 e. The predicted molar refractivity (Wildman–Crippen MR) is 114 cm³/mol. The van der Waals surface area contributed by atoms with Gasteiger partial charge < -0.3 is 4.90 Å². The summed E-state index contributed by atoms with van der Waals surface area (Å²) >= 11 is 1.19. The summed E-state index contributed by atoms with van der Waals surface area (Å²) in [6, 6.07) is 11.0. The van der Waals surface area contributed by atoms with Crippen LogP contribution in [-0.4, -0.2) is 53.4 Å². The Hall–Kier alpha value is -2.56. The number of thiophene rings is 1. The number of nitrogens with zero attached hydrogens (tertiary/aromatic N) is 4. The van der Waals surface area contributed by atoms with Crippen LogP contribution in [0.25, 0.3) is 5.69 Å². The second-order valence-corrected chi connectivity index (χ2v) is 10.3. The normalized spacial score (nSPS) is 15.5. The van der Waals surface area contributed by atoms with Crippen molar-refractivity contribution in [3.63, 3.8) is 0 Å². The number of amides is 1. The number of carbonyl (C=O) groups is 1. The van der Waals surface area contributed by atoms with Crippen molar-refractivity contribution in [2.24, 2.45) is 0 Å². The first-order chi connectivity index (χ1) is 14.3. The van der Waals surface area contributed by atoms with Gasteiger partial charge in [-0.15, -0.1) is 16.4 Å². The van der Waals surface area contributed by atoms with Crippen LogP contribution in [0.2, 0.25) is 0 Å². The summed E-state index contributed by atoms with van der Waals surface area (Å²) < 4.78 is 29.5. The molecule has 0 aliphatic carbocycles. The predicted octanol–water partition coefficient (Wildman–Crippen LogP) is 2.53. The Morgan fingerprint density at radius 2 is 1.83 bits per heavy atom. The highest BCUT2D eigenvalue weighted by atomic mass is 32.2. The Labute approximate surface area is 179 Å². The van der Waals surface area contributed by atoms with Crippen LogP contribution in [0, 0.1) is 13.8 Å². The number of likely N-dealkylation sites (tertiary alicyclic amines) is 1. The number of benzene rings is 1. The quantitative estimate of drug-likeness (QED) is 0.651. The van der Waals surface area contributed by atoms with E-state index in [1.807, 2.05) is 38.1 Å². The van der Waals surface area contributed by atoms with E-state index in [1.165, 1.54) is 11.3 Å². The molecule has 2 aromatic heterocycles. The van der Waals surface area contributed by atoms with E-state index in [0.29, 0.717) is 41.5 Å². The zero-order chi connectivity index (χ0) is 21.3. The number of hydrogen-bond acceptors (Lipinski definition) is 6. The smallest absolute Gasteiger partial charge is 0.276 e. The lowest BCUT2D eigenvalue weighted by Gasteiger charge is -2.31. The number of aromatic nitrogens is 3. The molecule has 0 atom stereocenters. The SMILES string of the molecule is Cc1ccc(-n2nnc(C(=O)N3CCC(NS(=O)(=O)c4cccs4)CC3)c2C)cc1. The zero-order valence-electron chi connectivity index (χ0n) is 16.8. The molecule has 8 nitrogen and oxygen atoms in total. The molecule has 4 rings (SSSR count). The molecule has 1 amide bonds. The molecule has 0 saturated carbocycles. The van der Waals surface area contributed by atoms with Crippen LogP contribution < -0.4 is 4.72 Å². The van der Waals surface area contributed by atoms with Gasteiger partial charge in [-0.1, -0.05) is 29.0 Å². The Kier molecular flexibility index (Phi) is 5.72. The Morgan fingerprint density at radius 1 is 1.13 bits per heavy atom. The third-order valence-electron chi connectivity index (χ3n) is 5.24. The molecule has 30 heavy (non-hydrogen) atoms. The van der Waals surface area contributed by atoms with E-state index in [2.05, 4.69) is 15.0 Å². The van der Waals surface area contributed by atoms with Crippen LogP contribution in [0.4, 0.5) is 0 Å². The largest absolute Gasteiger partial charge is 0.337 e. The summed E-state index contributed by atoms with van der Waals surface area (Å²) in [4.78, 5) is 14.7. The zero-order valence-corrected chi connectivity index (χ0v) is 18.4. The number of hydrogen-bond donors (Lipinski definition) is 1. The number of piperidine rings is 1. The van der Waals surface area contributed by atoms with Crippen molar-refractivity contribution in [1.82, 2.24) is 24.6 Å². The molecule has 158 valence electrons. The van der Waals surface area contributed by atoms with E-state index in [9.17, 15) is 13.2 Å². The molecule has 1 aliphatic rings. The topological polar surface area (TPSA) is 97.2 Å². The maximum Gasteiger partial charge on any atom is 0.276 e. The minimum absolute atomic E-state index is 0.176. The first kappa shape index (κ1) is 20.7. The van der Waals surface area contributed by atoms with Gasteiger partial charge >= 0.3 is 0 Å². The second kappa shape index (κ2) is 8.29. The van der Waals surface area contributed by atoms with E-state index in [-0.39, 0.29) is 11.9 Å². The molecule has 1 saturated heterocycles. The first-order valence-electron chi connectivity index (χ1n) is 9.69. The lowest BCUT2D eigenvalue weighted by Crippen LogP contribution is -2.46. The molecular formula is C20H23N5O3S2. The Balaban J connectivity index is 1.41. The molecule has 1 aromatic carbocycles. The highest BCUT2D eigenvalue weighted by molar-refractivity contribution is 7.91. The number of aryl methyl sites for hydroxylation is 1. The lowest BCUT2D eigenvalue weighted by atomic mass is 10.1. The maximum absolute atomic E-state index is 13.0. The van der Waals surface area contributed by atoms with Gasteiger partial charge in [0.25, 0.3) is 5.91 Å². The van der Waals surface area contributed by atoms with Crippen LogP contribution in [0.1, 0.15) is 34.6 Å². The first-order valence-corrected chi connectivity index (χ1v) is 12.1. The van der Waals surface area contributed by atoms with Gasteiger partial charge in [0.15, 0.2) is 5.69 Å². The van der Waals surface area contributed by atoms with Crippen LogP contribution in [0.15, 0.2) is 46.0 Å². The summed E-state index contributed by atoms with van der Waals surface area (Å²) in [5, 5.41) is 10.0. The van der Waals surface area contributed by atoms with E-state index >= 15 is 0 Å². The van der Waals surface area contributed by atoms with Crippen molar-refractivity contribution in [2.45, 2.75) is 36.9 Å². The fraction of sp³-hybridized carbons (Fsp3) is 0.350. The summed E-state index contributed by atoms with van der Waals surface area (Å²) in [5.74, 6) is -0.176. The average molecular weight is 446 g/mol. The molecule has 1 aliphatic heterocycles. The summed E-state index contributed by atoms with van der Waals surface area (Å²) in [6.07, 6.45) is 1.11. The fourth-order valence-corrected chi connectivity index (χ4v) is 5.82. The van der Waals surface area contributed by atoms with Crippen molar-refractivity contribution in [1.29, 1.82) is 0 Å². The van der Waals surface area contributed by atoms with E-state index in [0.717, 1.165) is 11.3 Å². The Morgan fingerprint density at radius 3 is 2.47 bits per heavy atom. The molecule has 0 radical (unpaired) electrons. The van der Waals surface area contributed by atoms with Crippen LogP contribution >= 0.6 is 11.3 Å². The number of rotatable bonds is 5. The van der Waals surface area contributed by atoms with Gasteiger partial charge in [-0.25, -0.2) is 17.8 Å². The van der Waals surface area contributed by atoms with E-state index in [1.54, 1.807) is 27.1 Å². The van der Waals surface area contributed by atoms with E-state index < -0.39 is 10.0 Å². The standard InChI is InChI=1S/C20H23N5O3S2/c1-14-5-7-17(8-6-14)25-15(2)19(21-23-25)20(26)24-11-9-16(10-12-24)22-30(27,28)18-4-3-13-29-18/h3-8,13,16,22H,9-12H2,1-2H3. The molecule has 1 N–H and O–H groups in total. The molecule has 0 bridgehead atoms. The summed E-state index contributed by atoms with van der Waals surface area (Å²) in [6.45, 7) is 4.77. The van der Waals surface area contributed by atoms with Crippen molar-refractivity contribution >= 4 is 27.3 Å². The summed E-state index contributed by atoms with van der Waals surface area (Å²) in [5.41, 5.74) is 3.01. The van der Waals surface area contributed by atoms with Crippen molar-refractivity contribution < 1.29 is 13.2 Å². The molecule has 10 heteroatoms.